The van der Waals surface area contributed by atoms with Gasteiger partial charge >= 0.3 is 0 Å². The summed E-state index contributed by atoms with van der Waals surface area (Å²) in [5, 5.41) is 2.85. The summed E-state index contributed by atoms with van der Waals surface area (Å²) < 4.78 is 39.6. The van der Waals surface area contributed by atoms with Crippen LogP contribution < -0.4 is 21.3 Å². The number of aromatic nitrogens is 2. The van der Waals surface area contributed by atoms with Crippen molar-refractivity contribution in [1.82, 2.24) is 24.9 Å². The second kappa shape index (κ2) is 19.0. The minimum atomic E-state index is -1.39. The number of carbonyl (C=O) groups excluding carboxylic acids is 4. The zero-order valence-corrected chi connectivity index (χ0v) is 29.3. The maximum absolute atomic E-state index is 12.8. The molecule has 2 aromatic carbocycles. The van der Waals surface area contributed by atoms with Crippen molar-refractivity contribution < 1.29 is 32.2 Å². The molecule has 6 rings (SSSR count). The highest BCUT2D eigenvalue weighted by Gasteiger charge is 2.36. The number of nitrogens with two attached hydrogens (primary N) is 1. The number of aromatic amines is 1. The molecule has 2 fully saturated rings. The Morgan fingerprint density at radius 3 is 2.41 bits per heavy atom. The molecule has 51 heavy (non-hydrogen) atoms. The lowest BCUT2D eigenvalue weighted by atomic mass is 10.1. The lowest BCUT2D eigenvalue weighted by molar-refractivity contribution is -0.139. The lowest BCUT2D eigenvalue weighted by Crippen LogP contribution is -2.53. The number of hydrogen-bond acceptors (Lipinski definition) is 7. The van der Waals surface area contributed by atoms with Gasteiger partial charge in [0.15, 0.2) is 0 Å². The number of nitrogens with one attached hydrogen (secondary N) is 3. The van der Waals surface area contributed by atoms with Crippen LogP contribution in [0.2, 0.25) is 0 Å². The summed E-state index contributed by atoms with van der Waals surface area (Å²) in [7, 11) is -1.39. The van der Waals surface area contributed by atoms with Crippen LogP contribution in [0.25, 0.3) is 11.0 Å². The summed E-state index contributed by atoms with van der Waals surface area (Å²) >= 11 is 0. The molecule has 0 bridgehead atoms. The highest BCUT2D eigenvalue weighted by atomic mass is 32.2. The van der Waals surface area contributed by atoms with Crippen LogP contribution in [0.15, 0.2) is 59.4 Å². The van der Waals surface area contributed by atoms with E-state index >= 15 is 0 Å². The summed E-state index contributed by atoms with van der Waals surface area (Å²) in [6.07, 6.45) is 12.8. The fourth-order valence-corrected chi connectivity index (χ4v) is 6.62. The molecule has 3 atom stereocenters. The van der Waals surface area contributed by atoms with Gasteiger partial charge in [-0.05, 0) is 94.7 Å². The van der Waals surface area contributed by atoms with E-state index in [1.54, 1.807) is 11.8 Å². The van der Waals surface area contributed by atoms with Crippen molar-refractivity contribution in [2.24, 2.45) is 5.73 Å². The topological polar surface area (TPSA) is 184 Å². The number of hydrogen-bond donors (Lipinski definition) is 4. The Bertz CT molecular complexity index is 1830. The third-order valence-electron chi connectivity index (χ3n) is 8.52. The molecule has 5 N–H and O–H groups in total. The van der Waals surface area contributed by atoms with Gasteiger partial charge in [0.2, 0.25) is 17.7 Å². The van der Waals surface area contributed by atoms with Gasteiger partial charge in [0.1, 0.15) is 40.4 Å². The van der Waals surface area contributed by atoms with E-state index in [1.807, 2.05) is 12.2 Å². The van der Waals surface area contributed by atoms with Gasteiger partial charge in [0.05, 0.1) is 16.3 Å². The number of allylic oxidation sites excluding steroid dienone is 1. The fraction of sp³-hybridized carbons (Fsp3) is 0.444. The number of carbonyl (C=O) groups is 4. The minimum absolute atomic E-state index is 0.0292. The molecular formula is C36H44F2N6O6S. The van der Waals surface area contributed by atoms with E-state index in [1.165, 1.54) is 36.4 Å². The molecule has 15 heteroatoms. The van der Waals surface area contributed by atoms with E-state index in [0.29, 0.717) is 42.5 Å². The summed E-state index contributed by atoms with van der Waals surface area (Å²) in [5.74, 6) is -2.11. The summed E-state index contributed by atoms with van der Waals surface area (Å²) in [5.41, 5.74) is 6.20. The highest BCUT2D eigenvalue weighted by Crippen LogP contribution is 2.25. The van der Waals surface area contributed by atoms with E-state index in [2.05, 4.69) is 20.0 Å². The fourth-order valence-electron chi connectivity index (χ4n) is 5.55. The molecule has 3 aliphatic rings. The molecule has 1 saturated heterocycles. The van der Waals surface area contributed by atoms with Crippen molar-refractivity contribution in [3.05, 3.63) is 87.9 Å². The van der Waals surface area contributed by atoms with Crippen LogP contribution in [0.4, 0.5) is 8.78 Å². The highest BCUT2D eigenvalue weighted by molar-refractivity contribution is 7.84. The lowest BCUT2D eigenvalue weighted by Gasteiger charge is -2.26. The van der Waals surface area contributed by atoms with Crippen molar-refractivity contribution in [1.29, 1.82) is 0 Å². The van der Waals surface area contributed by atoms with Crippen molar-refractivity contribution in [3.63, 3.8) is 0 Å². The normalized spacial score (nSPS) is 20.9. The molecule has 1 aliphatic carbocycles. The monoisotopic (exact) mass is 726 g/mol. The Labute approximate surface area is 297 Å². The smallest absolute Gasteiger partial charge is 0.269 e. The molecule has 274 valence electrons. The molecule has 0 radical (unpaired) electrons. The van der Waals surface area contributed by atoms with E-state index in [-0.39, 0.29) is 34.0 Å². The van der Waals surface area contributed by atoms with Crippen LogP contribution in [-0.2, 0) is 25.4 Å². The number of fused-ring (bicyclic) bond motifs is 2. The Kier molecular flexibility index (Phi) is 14.5. The maximum Gasteiger partial charge on any atom is 0.269 e. The quantitative estimate of drug-likeness (QED) is 0.293. The first-order valence-electron chi connectivity index (χ1n) is 17.1. The predicted octanol–water partition coefficient (Wildman–Crippen LogP) is 4.00. The number of halogens is 2. The van der Waals surface area contributed by atoms with E-state index < -0.39 is 40.7 Å². The SMILES string of the molecule is Cc1nc2ccc(F)cc2[nH]c1=O.NC(=O)c1cccc(F)c1.O=C(NS(=O)C1CC1)C1C/C=C\CCCCCCC(=O)N2CCCC2C(=O)N1. The third-order valence-corrected chi connectivity index (χ3v) is 10.00. The van der Waals surface area contributed by atoms with Gasteiger partial charge in [-0.15, -0.1) is 0 Å². The van der Waals surface area contributed by atoms with Gasteiger partial charge in [-0.25, -0.2) is 18.0 Å². The van der Waals surface area contributed by atoms with Crippen LogP contribution >= 0.6 is 0 Å². The number of primary amides is 1. The number of nitrogens with zero attached hydrogens (tertiary/aromatic N) is 2. The van der Waals surface area contributed by atoms with Crippen LogP contribution in [0.3, 0.4) is 0 Å². The predicted molar refractivity (Wildman–Crippen MR) is 189 cm³/mol. The summed E-state index contributed by atoms with van der Waals surface area (Å²) in [6.45, 7) is 2.21. The Hall–Kier alpha value is -4.79. The van der Waals surface area contributed by atoms with Crippen molar-refractivity contribution >= 4 is 45.6 Å². The number of benzene rings is 2. The van der Waals surface area contributed by atoms with Crippen LogP contribution in [0.5, 0.6) is 0 Å². The van der Waals surface area contributed by atoms with Crippen LogP contribution in [0.1, 0.15) is 86.7 Å². The van der Waals surface area contributed by atoms with Crippen LogP contribution in [-0.4, -0.2) is 66.6 Å². The average Bonchev–Trinajstić information content (AvgIpc) is 3.83. The Morgan fingerprint density at radius 2 is 1.71 bits per heavy atom. The van der Waals surface area contributed by atoms with Gasteiger partial charge in [-0.2, -0.15) is 0 Å². The van der Waals surface area contributed by atoms with Crippen LogP contribution in [0, 0.1) is 18.6 Å². The average molecular weight is 727 g/mol. The van der Waals surface area contributed by atoms with Crippen molar-refractivity contribution in [3.8, 4) is 0 Å². The van der Waals surface area contributed by atoms with Gasteiger partial charge in [0.25, 0.3) is 11.5 Å². The first-order valence-corrected chi connectivity index (χ1v) is 18.3. The number of H-pyrrole nitrogens is 1. The van der Waals surface area contributed by atoms with E-state index in [0.717, 1.165) is 57.4 Å². The van der Waals surface area contributed by atoms with Gasteiger partial charge in [0, 0.05) is 18.5 Å². The molecule has 4 amide bonds. The van der Waals surface area contributed by atoms with Gasteiger partial charge < -0.3 is 20.9 Å². The zero-order chi connectivity index (χ0) is 36.9. The summed E-state index contributed by atoms with van der Waals surface area (Å²) in [4.78, 5) is 67.7. The molecular weight excluding hydrogens is 682 g/mol. The standard InChI is InChI=1S/C20H31N3O4S.C9H7FN2O.C7H6FNO/c24-18-11-7-5-3-1-2-4-6-9-16(19(25)22-28(27)15-12-13-15)21-20(26)17-10-8-14-23(17)18;1-5-9(13)12-8-4-6(10)2-3-7(8)11-5;8-6-3-1-2-5(4-6)7(9)10/h4,6,15-17H,1-3,5,7-14H2,(H,21,26)(H,22,25);2-4H,1H3,(H,12,13);1-4H,(H2,9,10)/b6-4-;;. The number of aryl methyl sites for hydroxylation is 1. The molecule has 3 heterocycles. The van der Waals surface area contributed by atoms with Crippen molar-refractivity contribution in [2.45, 2.75) is 94.9 Å². The van der Waals surface area contributed by atoms with Gasteiger partial charge in [-0.3, -0.25) is 28.7 Å². The third kappa shape index (κ3) is 12.2. The molecule has 1 aromatic heterocycles. The second-order valence-corrected chi connectivity index (χ2v) is 14.1. The minimum Gasteiger partial charge on any atom is -0.366 e. The first kappa shape index (κ1) is 39.0. The summed E-state index contributed by atoms with van der Waals surface area (Å²) in [6, 6.07) is 8.08. The Balaban J connectivity index is 0.000000207. The molecule has 12 nitrogen and oxygen atoms in total. The molecule has 3 unspecified atom stereocenters. The molecule has 0 spiro atoms. The molecule has 2 aliphatic heterocycles. The van der Waals surface area contributed by atoms with E-state index in [9.17, 15) is 37.0 Å². The largest absolute Gasteiger partial charge is 0.366 e. The number of rotatable bonds is 4. The van der Waals surface area contributed by atoms with Gasteiger partial charge in [-0.1, -0.05) is 31.1 Å². The van der Waals surface area contributed by atoms with E-state index in [4.69, 9.17) is 5.73 Å². The molecule has 1 saturated carbocycles. The second-order valence-electron chi connectivity index (χ2n) is 12.6. The Morgan fingerprint density at radius 1 is 0.961 bits per heavy atom. The van der Waals surface area contributed by atoms with Crippen molar-refractivity contribution in [2.75, 3.05) is 6.54 Å². The molecule has 3 aromatic rings. The number of amides is 4. The first-order chi connectivity index (χ1) is 24.4. The maximum atomic E-state index is 12.8. The zero-order valence-electron chi connectivity index (χ0n) is 28.5.